The molecule has 3 rings (SSSR count). The molecule has 0 unspecified atom stereocenters. The van der Waals surface area contributed by atoms with Crippen LogP contribution < -0.4 is 0 Å². The molecule has 3 aromatic rings. The third-order valence-electron chi connectivity index (χ3n) is 3.89. The lowest BCUT2D eigenvalue weighted by Gasteiger charge is -2.12. The average Bonchev–Trinajstić information content (AvgIpc) is 3.10. The van der Waals surface area contributed by atoms with Crippen molar-refractivity contribution in [3.8, 4) is 10.6 Å². The van der Waals surface area contributed by atoms with Crippen molar-refractivity contribution >= 4 is 22.4 Å². The molecule has 3 nitrogen and oxygen atoms in total. The topological polar surface area (TPSA) is 30.7 Å². The molecule has 3 heterocycles. The Balaban J connectivity index is 2.34. The van der Waals surface area contributed by atoms with Crippen LogP contribution in [-0.2, 0) is 12.6 Å². The van der Waals surface area contributed by atoms with Crippen molar-refractivity contribution in [2.24, 2.45) is 0 Å². The number of aromatic nitrogens is 3. The molecule has 7 heteroatoms. The minimum Gasteiger partial charge on any atom is -0.244 e. The van der Waals surface area contributed by atoms with E-state index in [-0.39, 0.29) is 11.4 Å². The summed E-state index contributed by atoms with van der Waals surface area (Å²) in [6, 6.07) is 4.84. The van der Waals surface area contributed by atoms with Gasteiger partial charge in [0.1, 0.15) is 0 Å². The molecule has 0 N–H and O–H groups in total. The zero-order valence-corrected chi connectivity index (χ0v) is 14.7. The molecule has 24 heavy (non-hydrogen) atoms. The van der Waals surface area contributed by atoms with Gasteiger partial charge < -0.3 is 0 Å². The number of rotatable bonds is 3. The number of alkyl halides is 3. The highest BCUT2D eigenvalue weighted by molar-refractivity contribution is 7.15. The Morgan fingerprint density at radius 3 is 2.50 bits per heavy atom. The number of fused-ring (bicyclic) bond motifs is 1. The first-order valence-electron chi connectivity index (χ1n) is 7.78. The van der Waals surface area contributed by atoms with E-state index >= 15 is 0 Å². The Hall–Kier alpha value is -1.89. The van der Waals surface area contributed by atoms with Crippen molar-refractivity contribution in [1.82, 2.24) is 14.8 Å². The van der Waals surface area contributed by atoms with E-state index in [1.165, 1.54) is 11.3 Å². The number of hydrogen-bond donors (Lipinski definition) is 0. The van der Waals surface area contributed by atoms with Crippen molar-refractivity contribution in [2.75, 3.05) is 0 Å². The highest BCUT2D eigenvalue weighted by Gasteiger charge is 2.36. The summed E-state index contributed by atoms with van der Waals surface area (Å²) in [5, 5.41) is 4.37. The van der Waals surface area contributed by atoms with Crippen LogP contribution >= 0.6 is 11.3 Å². The van der Waals surface area contributed by atoms with Gasteiger partial charge in [0.2, 0.25) is 0 Å². The summed E-state index contributed by atoms with van der Waals surface area (Å²) in [6.45, 7) is 7.38. The van der Waals surface area contributed by atoms with Gasteiger partial charge in [0.15, 0.2) is 5.65 Å². The molecular weight excluding hydrogens is 335 g/mol. The van der Waals surface area contributed by atoms with Crippen molar-refractivity contribution in [2.45, 2.75) is 46.3 Å². The van der Waals surface area contributed by atoms with E-state index in [0.717, 1.165) is 22.2 Å². The number of pyridine rings is 1. The standard InChI is InChI=1S/C17H18F3N3S/c1-5-11-6-7-14(24-11)13-8-12(17(18,19)20)15-10(4)22-23(9(2)3)16(15)21-13/h6-9H,5H2,1-4H3. The highest BCUT2D eigenvalue weighted by atomic mass is 32.1. The summed E-state index contributed by atoms with van der Waals surface area (Å²) in [4.78, 5) is 6.38. The fourth-order valence-corrected chi connectivity index (χ4v) is 3.64. The lowest BCUT2D eigenvalue weighted by Crippen LogP contribution is -2.08. The van der Waals surface area contributed by atoms with E-state index in [9.17, 15) is 13.2 Å². The fraction of sp³-hybridized carbons (Fsp3) is 0.412. The SMILES string of the molecule is CCc1ccc(-c2cc(C(F)(F)F)c3c(C)nn(C(C)C)c3n2)s1. The van der Waals surface area contributed by atoms with E-state index in [4.69, 9.17) is 0 Å². The molecule has 0 aliphatic rings. The van der Waals surface area contributed by atoms with Crippen LogP contribution in [0.3, 0.4) is 0 Å². The maximum Gasteiger partial charge on any atom is 0.417 e. The van der Waals surface area contributed by atoms with Crippen LogP contribution in [-0.4, -0.2) is 14.8 Å². The third-order valence-corrected chi connectivity index (χ3v) is 5.15. The van der Waals surface area contributed by atoms with Crippen LogP contribution in [0.5, 0.6) is 0 Å². The number of halogens is 3. The van der Waals surface area contributed by atoms with Crippen LogP contribution in [0.15, 0.2) is 18.2 Å². The van der Waals surface area contributed by atoms with Crippen molar-refractivity contribution < 1.29 is 13.2 Å². The molecule has 128 valence electrons. The van der Waals surface area contributed by atoms with Gasteiger partial charge in [-0.2, -0.15) is 18.3 Å². The summed E-state index contributed by atoms with van der Waals surface area (Å²) in [6.07, 6.45) is -3.60. The molecule has 3 aromatic heterocycles. The zero-order valence-electron chi connectivity index (χ0n) is 13.9. The lowest BCUT2D eigenvalue weighted by atomic mass is 10.1. The van der Waals surface area contributed by atoms with Crippen molar-refractivity contribution in [1.29, 1.82) is 0 Å². The number of aryl methyl sites for hydroxylation is 2. The molecule has 0 spiro atoms. The molecule has 0 saturated carbocycles. The minimum absolute atomic E-state index is 0.0698. The molecule has 0 bridgehead atoms. The second-order valence-corrected chi connectivity index (χ2v) is 7.16. The first kappa shape index (κ1) is 17.0. The van der Waals surface area contributed by atoms with E-state index < -0.39 is 11.7 Å². The number of hydrogen-bond acceptors (Lipinski definition) is 3. The quantitative estimate of drug-likeness (QED) is 0.611. The molecule has 0 fully saturated rings. The Bertz CT molecular complexity index is 890. The molecule has 0 radical (unpaired) electrons. The monoisotopic (exact) mass is 353 g/mol. The van der Waals surface area contributed by atoms with Gasteiger partial charge in [-0.1, -0.05) is 6.92 Å². The van der Waals surface area contributed by atoms with E-state index in [0.29, 0.717) is 17.0 Å². The first-order valence-corrected chi connectivity index (χ1v) is 8.60. The fourth-order valence-electron chi connectivity index (χ4n) is 2.73. The van der Waals surface area contributed by atoms with Gasteiger partial charge in [-0.15, -0.1) is 11.3 Å². The van der Waals surface area contributed by atoms with E-state index in [2.05, 4.69) is 10.1 Å². The van der Waals surface area contributed by atoms with Gasteiger partial charge in [-0.25, -0.2) is 9.67 Å². The van der Waals surface area contributed by atoms with Crippen LogP contribution in [0.25, 0.3) is 21.6 Å². The Kier molecular flexibility index (Phi) is 4.15. The van der Waals surface area contributed by atoms with Gasteiger partial charge in [-0.05, 0) is 45.4 Å². The smallest absolute Gasteiger partial charge is 0.244 e. The van der Waals surface area contributed by atoms with E-state index in [1.54, 1.807) is 11.6 Å². The van der Waals surface area contributed by atoms with Crippen LogP contribution in [0.2, 0.25) is 0 Å². The van der Waals surface area contributed by atoms with Gasteiger partial charge in [0.05, 0.1) is 27.2 Å². The summed E-state index contributed by atoms with van der Waals surface area (Å²) in [5.74, 6) is 0. The van der Waals surface area contributed by atoms with Crippen LogP contribution in [0.4, 0.5) is 13.2 Å². The van der Waals surface area contributed by atoms with Gasteiger partial charge >= 0.3 is 6.18 Å². The molecule has 0 aliphatic heterocycles. The maximum atomic E-state index is 13.6. The summed E-state index contributed by atoms with van der Waals surface area (Å²) in [5.41, 5.74) is 0.323. The Morgan fingerprint density at radius 2 is 1.96 bits per heavy atom. The van der Waals surface area contributed by atoms with Crippen LogP contribution in [0, 0.1) is 6.92 Å². The summed E-state index contributed by atoms with van der Waals surface area (Å²) in [7, 11) is 0. The molecule has 0 atom stereocenters. The molecule has 0 saturated heterocycles. The third kappa shape index (κ3) is 2.81. The second kappa shape index (κ2) is 5.88. The molecule has 0 amide bonds. The predicted octanol–water partition coefficient (Wildman–Crippen LogP) is 5.63. The Labute approximate surface area is 142 Å². The highest BCUT2D eigenvalue weighted by Crippen LogP contribution is 2.39. The number of thiophene rings is 1. The molecule has 0 aromatic carbocycles. The average molecular weight is 353 g/mol. The normalized spacial score (nSPS) is 12.5. The summed E-state index contributed by atoms with van der Waals surface area (Å²) >= 11 is 1.48. The largest absolute Gasteiger partial charge is 0.417 e. The maximum absolute atomic E-state index is 13.6. The second-order valence-electron chi connectivity index (χ2n) is 5.99. The minimum atomic E-state index is -4.45. The number of nitrogens with zero attached hydrogens (tertiary/aromatic N) is 3. The predicted molar refractivity (Wildman–Crippen MR) is 90.3 cm³/mol. The molecular formula is C17H18F3N3S. The lowest BCUT2D eigenvalue weighted by molar-refractivity contribution is -0.136. The van der Waals surface area contributed by atoms with Crippen molar-refractivity contribution in [3.05, 3.63) is 34.3 Å². The first-order chi connectivity index (χ1) is 11.2. The van der Waals surface area contributed by atoms with Crippen LogP contribution in [0.1, 0.15) is 42.9 Å². The van der Waals surface area contributed by atoms with E-state index in [1.807, 2.05) is 32.9 Å². The van der Waals surface area contributed by atoms with Gasteiger partial charge in [0, 0.05) is 10.9 Å². The summed E-state index contributed by atoms with van der Waals surface area (Å²) < 4.78 is 42.4. The van der Waals surface area contributed by atoms with Gasteiger partial charge in [0.25, 0.3) is 0 Å². The van der Waals surface area contributed by atoms with Crippen molar-refractivity contribution in [3.63, 3.8) is 0 Å². The van der Waals surface area contributed by atoms with Gasteiger partial charge in [-0.3, -0.25) is 0 Å². The Morgan fingerprint density at radius 1 is 1.25 bits per heavy atom. The molecule has 0 aliphatic carbocycles. The zero-order chi connectivity index (χ0) is 17.6.